The molecule has 5 atom stereocenters. The summed E-state index contributed by atoms with van der Waals surface area (Å²) in [4.78, 5) is 10.6. The number of alkyl halides is 2. The van der Waals surface area contributed by atoms with Crippen molar-refractivity contribution in [3.05, 3.63) is 47.5 Å². The van der Waals surface area contributed by atoms with E-state index in [1.165, 1.54) is 0 Å². The maximum Gasteiger partial charge on any atom is 0.303 e. The van der Waals surface area contributed by atoms with Crippen LogP contribution >= 0.6 is 23.2 Å². The van der Waals surface area contributed by atoms with Crippen molar-refractivity contribution in [2.45, 2.75) is 79.7 Å². The van der Waals surface area contributed by atoms with Crippen LogP contribution in [0.25, 0.3) is 0 Å². The molecule has 0 heterocycles. The minimum absolute atomic E-state index is 0.00729. The van der Waals surface area contributed by atoms with E-state index >= 15 is 0 Å². The second-order valence-electron chi connectivity index (χ2n) is 8.48. The number of carbonyl (C=O) groups is 1. The van der Waals surface area contributed by atoms with E-state index in [1.807, 2.05) is 30.3 Å². The lowest BCUT2D eigenvalue weighted by Crippen LogP contribution is -2.42. The number of halogens is 2. The SMILES string of the molecule is O=C(O)CCC/C=C\CC1C(Cl)CC(Cl)C1c1ccc(C(O)C2(O)CCC2)cc1. The summed E-state index contributed by atoms with van der Waals surface area (Å²) in [5, 5.41) is 29.5. The maximum absolute atomic E-state index is 10.6. The minimum atomic E-state index is -0.987. The Morgan fingerprint density at radius 1 is 1.17 bits per heavy atom. The fourth-order valence-electron chi connectivity index (χ4n) is 4.55. The molecule has 3 N–H and O–H groups in total. The van der Waals surface area contributed by atoms with Gasteiger partial charge in [0.15, 0.2) is 0 Å². The van der Waals surface area contributed by atoms with Crippen LogP contribution in [0.5, 0.6) is 0 Å². The molecule has 0 amide bonds. The molecule has 6 heteroatoms. The lowest BCUT2D eigenvalue weighted by Gasteiger charge is -2.40. The third-order valence-corrected chi connectivity index (χ3v) is 7.42. The quantitative estimate of drug-likeness (QED) is 0.281. The Labute approximate surface area is 182 Å². The monoisotopic (exact) mass is 440 g/mol. The average Bonchev–Trinajstić information content (AvgIpc) is 2.95. The summed E-state index contributed by atoms with van der Waals surface area (Å²) in [6, 6.07) is 7.78. The van der Waals surface area contributed by atoms with E-state index < -0.39 is 17.7 Å². The van der Waals surface area contributed by atoms with E-state index in [9.17, 15) is 15.0 Å². The third-order valence-electron chi connectivity index (χ3n) is 6.47. The molecule has 0 saturated heterocycles. The number of hydrogen-bond donors (Lipinski definition) is 3. The van der Waals surface area contributed by atoms with Gasteiger partial charge in [0.05, 0.1) is 5.60 Å². The summed E-state index contributed by atoms with van der Waals surface area (Å²) in [7, 11) is 0. The predicted molar refractivity (Wildman–Crippen MR) is 116 cm³/mol. The van der Waals surface area contributed by atoms with Crippen molar-refractivity contribution in [3.8, 4) is 0 Å². The Hall–Kier alpha value is -1.07. The zero-order valence-electron chi connectivity index (χ0n) is 16.5. The fraction of sp³-hybridized carbons (Fsp3) is 0.609. The van der Waals surface area contributed by atoms with E-state index in [1.54, 1.807) is 0 Å². The van der Waals surface area contributed by atoms with Crippen LogP contribution in [0.1, 0.15) is 74.5 Å². The first-order valence-corrected chi connectivity index (χ1v) is 11.3. The normalized spacial score (nSPS) is 29.7. The molecule has 1 aromatic rings. The van der Waals surface area contributed by atoms with Crippen LogP contribution in [0.4, 0.5) is 0 Å². The molecular weight excluding hydrogens is 411 g/mol. The first-order valence-electron chi connectivity index (χ1n) is 10.5. The van der Waals surface area contributed by atoms with Crippen LogP contribution in [-0.2, 0) is 4.79 Å². The van der Waals surface area contributed by atoms with Gasteiger partial charge in [0.2, 0.25) is 0 Å². The van der Waals surface area contributed by atoms with Gasteiger partial charge >= 0.3 is 5.97 Å². The smallest absolute Gasteiger partial charge is 0.303 e. The second kappa shape index (κ2) is 9.82. The second-order valence-corrected chi connectivity index (χ2v) is 9.60. The van der Waals surface area contributed by atoms with Gasteiger partial charge in [-0.15, -0.1) is 23.2 Å². The maximum atomic E-state index is 10.6. The molecule has 2 aliphatic carbocycles. The number of rotatable bonds is 9. The predicted octanol–water partition coefficient (Wildman–Crippen LogP) is 5.15. The van der Waals surface area contributed by atoms with Crippen molar-refractivity contribution in [1.29, 1.82) is 0 Å². The Morgan fingerprint density at radius 3 is 2.45 bits per heavy atom. The Bertz CT molecular complexity index is 714. The van der Waals surface area contributed by atoms with Crippen LogP contribution in [0.15, 0.2) is 36.4 Å². The van der Waals surface area contributed by atoms with Crippen molar-refractivity contribution in [3.63, 3.8) is 0 Å². The highest BCUT2D eigenvalue weighted by molar-refractivity contribution is 6.25. The van der Waals surface area contributed by atoms with Gasteiger partial charge in [0, 0.05) is 23.1 Å². The van der Waals surface area contributed by atoms with E-state index in [0.29, 0.717) is 19.3 Å². The lowest BCUT2D eigenvalue weighted by molar-refractivity contribution is -0.137. The van der Waals surface area contributed by atoms with Crippen molar-refractivity contribution in [2.75, 3.05) is 0 Å². The molecule has 2 fully saturated rings. The van der Waals surface area contributed by atoms with Gasteiger partial charge in [-0.1, -0.05) is 36.4 Å². The van der Waals surface area contributed by atoms with Gasteiger partial charge in [0.25, 0.3) is 0 Å². The van der Waals surface area contributed by atoms with Crippen LogP contribution in [0.2, 0.25) is 0 Å². The van der Waals surface area contributed by atoms with Gasteiger partial charge in [-0.3, -0.25) is 4.79 Å². The number of aliphatic carboxylic acids is 1. The zero-order valence-corrected chi connectivity index (χ0v) is 18.0. The molecule has 160 valence electrons. The van der Waals surface area contributed by atoms with Crippen molar-refractivity contribution in [1.82, 2.24) is 0 Å². The molecule has 2 saturated carbocycles. The highest BCUT2D eigenvalue weighted by atomic mass is 35.5. The summed E-state index contributed by atoms with van der Waals surface area (Å²) in [6.07, 6.45) is 8.61. The summed E-state index contributed by atoms with van der Waals surface area (Å²) in [5.41, 5.74) is 0.852. The van der Waals surface area contributed by atoms with Crippen molar-refractivity contribution in [2.24, 2.45) is 5.92 Å². The first kappa shape index (κ1) is 22.6. The molecule has 0 bridgehead atoms. The molecule has 0 radical (unpaired) electrons. The fourth-order valence-corrected chi connectivity index (χ4v) is 5.61. The molecule has 0 spiro atoms. The standard InChI is InChI=1S/C23H30Cl2O4/c24-18-14-19(25)21(17(18)6-3-1-2-4-7-20(26)27)15-8-10-16(11-9-15)22(28)23(29)12-5-13-23/h1,3,8-11,17-19,21-22,28-29H,2,4-7,12-14H2,(H,26,27)/b3-1-. The van der Waals surface area contributed by atoms with E-state index in [2.05, 4.69) is 6.08 Å². The highest BCUT2D eigenvalue weighted by Crippen LogP contribution is 2.48. The number of benzene rings is 1. The van der Waals surface area contributed by atoms with Crippen LogP contribution in [0.3, 0.4) is 0 Å². The summed E-state index contributed by atoms with van der Waals surface area (Å²) >= 11 is 13.2. The molecule has 0 aromatic heterocycles. The molecule has 0 aliphatic heterocycles. The van der Waals surface area contributed by atoms with Gasteiger partial charge in [-0.2, -0.15) is 0 Å². The largest absolute Gasteiger partial charge is 0.481 e. The molecule has 4 nitrogen and oxygen atoms in total. The Kier molecular flexibility index (Phi) is 7.66. The molecule has 3 rings (SSSR count). The molecule has 1 aromatic carbocycles. The number of allylic oxidation sites excluding steroid dienone is 2. The Balaban J connectivity index is 1.63. The van der Waals surface area contributed by atoms with E-state index in [4.69, 9.17) is 28.3 Å². The lowest BCUT2D eigenvalue weighted by atomic mass is 9.74. The van der Waals surface area contributed by atoms with E-state index in [-0.39, 0.29) is 29.0 Å². The first-order chi connectivity index (χ1) is 13.8. The number of unbranched alkanes of at least 4 members (excludes halogenated alkanes) is 1. The van der Waals surface area contributed by atoms with E-state index in [0.717, 1.165) is 36.8 Å². The van der Waals surface area contributed by atoms with Crippen molar-refractivity contribution < 1.29 is 20.1 Å². The number of hydrogen-bond acceptors (Lipinski definition) is 3. The Morgan fingerprint density at radius 2 is 1.86 bits per heavy atom. The average molecular weight is 441 g/mol. The minimum Gasteiger partial charge on any atom is -0.481 e. The topological polar surface area (TPSA) is 77.8 Å². The summed E-state index contributed by atoms with van der Waals surface area (Å²) in [6.45, 7) is 0. The van der Waals surface area contributed by atoms with Crippen molar-refractivity contribution >= 4 is 29.2 Å². The molecule has 2 aliphatic rings. The van der Waals surface area contributed by atoms with Gasteiger partial charge in [-0.05, 0) is 62.0 Å². The van der Waals surface area contributed by atoms with Gasteiger partial charge in [-0.25, -0.2) is 0 Å². The number of carboxylic acids is 1. The van der Waals surface area contributed by atoms with Crippen LogP contribution < -0.4 is 0 Å². The number of aliphatic hydroxyl groups is 2. The van der Waals surface area contributed by atoms with Crippen LogP contribution in [-0.4, -0.2) is 37.6 Å². The third kappa shape index (κ3) is 5.35. The molecule has 5 unspecified atom stereocenters. The number of aliphatic hydroxyl groups excluding tert-OH is 1. The van der Waals surface area contributed by atoms with Crippen LogP contribution in [0, 0.1) is 5.92 Å². The zero-order chi connectivity index (χ0) is 21.0. The van der Waals surface area contributed by atoms with Gasteiger partial charge < -0.3 is 15.3 Å². The van der Waals surface area contributed by atoms with Gasteiger partial charge in [0.1, 0.15) is 6.10 Å². The highest BCUT2D eigenvalue weighted by Gasteiger charge is 2.43. The molecule has 29 heavy (non-hydrogen) atoms. The number of carboxylic acid groups (broad SMARTS) is 1. The summed E-state index contributed by atoms with van der Waals surface area (Å²) in [5.74, 6) is -0.430. The summed E-state index contributed by atoms with van der Waals surface area (Å²) < 4.78 is 0. The molecular formula is C23H30Cl2O4.